The molecule has 1 aliphatic carbocycles. The number of ether oxygens (including phenoxy) is 1. The molecule has 2 saturated heterocycles. The van der Waals surface area contributed by atoms with E-state index in [1.54, 1.807) is 0 Å². The second-order valence-corrected chi connectivity index (χ2v) is 10.7. The number of likely N-dealkylation sites (tertiary alicyclic amines) is 1. The Morgan fingerprint density at radius 1 is 1.24 bits per heavy atom. The lowest BCUT2D eigenvalue weighted by molar-refractivity contribution is -0.124. The molecule has 1 aromatic heterocycles. The first-order valence-corrected chi connectivity index (χ1v) is 13.7. The van der Waals surface area contributed by atoms with E-state index in [9.17, 15) is 14.9 Å². The summed E-state index contributed by atoms with van der Waals surface area (Å²) in [6, 6.07) is 1.89. The van der Waals surface area contributed by atoms with Gasteiger partial charge < -0.3 is 30.0 Å². The number of nitrogens with two attached hydrogens (primary N) is 1. The molecule has 3 fully saturated rings. The summed E-state index contributed by atoms with van der Waals surface area (Å²) < 4.78 is 11.2. The average Bonchev–Trinajstić information content (AvgIpc) is 3.36. The molecule has 4 rings (SSSR count). The fraction of sp³-hybridized carbons (Fsp3) is 0.731. The predicted octanol–water partition coefficient (Wildman–Crippen LogP) is 1.25. The smallest absolute Gasteiger partial charge is 0.301 e. The van der Waals surface area contributed by atoms with E-state index in [0.717, 1.165) is 38.8 Å². The topological polar surface area (TPSA) is 162 Å². The van der Waals surface area contributed by atoms with E-state index in [1.807, 2.05) is 11.9 Å². The van der Waals surface area contributed by atoms with E-state index in [2.05, 4.69) is 26.6 Å². The molecule has 0 spiro atoms. The summed E-state index contributed by atoms with van der Waals surface area (Å²) >= 11 is 0. The number of aromatic nitrogens is 1. The van der Waals surface area contributed by atoms with Gasteiger partial charge in [0.15, 0.2) is 0 Å². The van der Waals surface area contributed by atoms with Crippen molar-refractivity contribution in [3.8, 4) is 6.07 Å². The van der Waals surface area contributed by atoms with Crippen molar-refractivity contribution >= 4 is 23.8 Å². The Bertz CT molecular complexity index is 1010. The lowest BCUT2D eigenvalue weighted by Crippen LogP contribution is -2.56. The Labute approximate surface area is 224 Å². The average molecular weight is 529 g/mol. The quantitative estimate of drug-likeness (QED) is 0.333. The highest BCUT2D eigenvalue weighted by atomic mass is 16.5. The molecule has 0 aromatic carbocycles. The van der Waals surface area contributed by atoms with Crippen LogP contribution in [0.15, 0.2) is 15.6 Å². The normalized spacial score (nSPS) is 21.9. The number of guanidine groups is 1. The van der Waals surface area contributed by atoms with Gasteiger partial charge in [-0.3, -0.25) is 14.9 Å². The molecule has 208 valence electrons. The Morgan fingerprint density at radius 3 is 2.61 bits per heavy atom. The number of nitriles is 1. The Morgan fingerprint density at radius 2 is 1.95 bits per heavy atom. The molecule has 4 N–H and O–H groups in total. The molecule has 0 bridgehead atoms. The monoisotopic (exact) mass is 528 g/mol. The molecule has 1 unspecified atom stereocenters. The number of primary amides is 1. The van der Waals surface area contributed by atoms with Crippen molar-refractivity contribution in [1.29, 1.82) is 5.26 Å². The number of nitrogens with zero attached hydrogens (tertiary/aromatic N) is 5. The van der Waals surface area contributed by atoms with Crippen LogP contribution in [0.5, 0.6) is 0 Å². The van der Waals surface area contributed by atoms with Gasteiger partial charge in [0, 0.05) is 26.2 Å². The minimum absolute atomic E-state index is 0.0587. The van der Waals surface area contributed by atoms with Crippen LogP contribution in [0.1, 0.15) is 57.1 Å². The summed E-state index contributed by atoms with van der Waals surface area (Å²) in [7, 11) is 2.02. The number of nitrogens with one attached hydrogen (secondary N) is 2. The largest absolute Gasteiger partial charge is 0.428 e. The number of aliphatic imine (C=N–C) groups is 1. The minimum atomic E-state index is -0.886. The van der Waals surface area contributed by atoms with Crippen molar-refractivity contribution < 1.29 is 18.7 Å². The minimum Gasteiger partial charge on any atom is -0.428 e. The predicted molar refractivity (Wildman–Crippen MR) is 141 cm³/mol. The first kappa shape index (κ1) is 27.9. The number of carbonyl (C=O) groups excluding carboxylic acids is 2. The molecule has 0 radical (unpaired) electrons. The van der Waals surface area contributed by atoms with E-state index in [1.165, 1.54) is 12.6 Å². The second-order valence-electron chi connectivity index (χ2n) is 10.7. The molecule has 3 aliphatic rings. The van der Waals surface area contributed by atoms with Crippen LogP contribution in [0.3, 0.4) is 0 Å². The second kappa shape index (κ2) is 13.1. The van der Waals surface area contributed by atoms with Gasteiger partial charge in [0.2, 0.25) is 17.8 Å². The summed E-state index contributed by atoms with van der Waals surface area (Å²) in [6.07, 6.45) is 8.85. The van der Waals surface area contributed by atoms with E-state index >= 15 is 0 Å². The van der Waals surface area contributed by atoms with Crippen molar-refractivity contribution in [2.24, 2.45) is 16.6 Å². The third-order valence-electron chi connectivity index (χ3n) is 7.71. The molecule has 12 heteroatoms. The van der Waals surface area contributed by atoms with Crippen molar-refractivity contribution in [1.82, 2.24) is 20.1 Å². The van der Waals surface area contributed by atoms with Gasteiger partial charge in [-0.05, 0) is 32.2 Å². The highest BCUT2D eigenvalue weighted by molar-refractivity contribution is 5.94. The fourth-order valence-corrected chi connectivity index (χ4v) is 5.37. The van der Waals surface area contributed by atoms with Crippen molar-refractivity contribution in [2.45, 2.75) is 69.4 Å². The van der Waals surface area contributed by atoms with Crippen LogP contribution >= 0.6 is 0 Å². The molecule has 1 atom stereocenters. The van der Waals surface area contributed by atoms with Gasteiger partial charge in [-0.1, -0.05) is 32.1 Å². The van der Waals surface area contributed by atoms with Gasteiger partial charge in [0.05, 0.1) is 31.9 Å². The highest BCUT2D eigenvalue weighted by Crippen LogP contribution is 2.29. The third kappa shape index (κ3) is 7.68. The van der Waals surface area contributed by atoms with Crippen LogP contribution in [0.4, 0.5) is 6.01 Å². The highest BCUT2D eigenvalue weighted by Gasteiger charge is 2.38. The molecule has 38 heavy (non-hydrogen) atoms. The first-order valence-electron chi connectivity index (χ1n) is 13.7. The number of piperidine rings is 1. The summed E-state index contributed by atoms with van der Waals surface area (Å²) in [4.78, 5) is 38.4. The molecule has 2 aliphatic heterocycles. The number of morpholine rings is 1. The van der Waals surface area contributed by atoms with Crippen molar-refractivity contribution in [2.75, 3.05) is 51.8 Å². The lowest BCUT2D eigenvalue weighted by Gasteiger charge is -2.37. The number of rotatable bonds is 8. The molecule has 12 nitrogen and oxygen atoms in total. The number of hydrogen-bond donors (Lipinski definition) is 3. The Kier molecular flexibility index (Phi) is 9.58. The molecule has 3 heterocycles. The van der Waals surface area contributed by atoms with E-state index < -0.39 is 17.5 Å². The summed E-state index contributed by atoms with van der Waals surface area (Å²) in [5.41, 5.74) is 4.40. The number of carbonyl (C=O) groups is 2. The summed E-state index contributed by atoms with van der Waals surface area (Å²) in [5, 5.41) is 16.2. The van der Waals surface area contributed by atoms with Crippen LogP contribution in [-0.4, -0.2) is 90.6 Å². The standard InChI is InChI=1S/C26H40N8O4/c1-33-9-7-26(18-27,8-10-33)32-23(36)21(15-19-5-3-2-4-6-19)30-24(34-11-13-37-14-12-34)31-25-29-17-20(38-25)16-22(28)35/h17,19,21H,2-16H2,1H3,(H2,28,35)(H,32,36)(H,29,30,31). The van der Waals surface area contributed by atoms with E-state index in [0.29, 0.717) is 63.2 Å². The van der Waals surface area contributed by atoms with Gasteiger partial charge in [-0.15, -0.1) is 0 Å². The van der Waals surface area contributed by atoms with Crippen LogP contribution in [0.2, 0.25) is 0 Å². The maximum atomic E-state index is 13.8. The van der Waals surface area contributed by atoms with Gasteiger partial charge in [-0.25, -0.2) is 9.98 Å². The van der Waals surface area contributed by atoms with Crippen LogP contribution in [0, 0.1) is 17.2 Å². The number of hydrogen-bond acceptors (Lipinski definition) is 8. The summed E-state index contributed by atoms with van der Waals surface area (Å²) in [5.74, 6) is 0.464. The number of anilines is 1. The van der Waals surface area contributed by atoms with Crippen molar-refractivity contribution in [3.63, 3.8) is 0 Å². The molecule has 1 saturated carbocycles. The zero-order chi connectivity index (χ0) is 27.0. The molecule has 1 aromatic rings. The van der Waals surface area contributed by atoms with Gasteiger partial charge >= 0.3 is 6.01 Å². The third-order valence-corrected chi connectivity index (χ3v) is 7.71. The van der Waals surface area contributed by atoms with Crippen molar-refractivity contribution in [3.05, 3.63) is 12.0 Å². The zero-order valence-electron chi connectivity index (χ0n) is 22.3. The van der Waals surface area contributed by atoms with Gasteiger partial charge in [0.25, 0.3) is 0 Å². The van der Waals surface area contributed by atoms with Crippen LogP contribution in [0.25, 0.3) is 0 Å². The molecular weight excluding hydrogens is 488 g/mol. The zero-order valence-corrected chi connectivity index (χ0v) is 22.3. The van der Waals surface area contributed by atoms with Gasteiger partial charge in [0.1, 0.15) is 17.3 Å². The maximum Gasteiger partial charge on any atom is 0.301 e. The number of amides is 2. The van der Waals surface area contributed by atoms with Gasteiger partial charge in [-0.2, -0.15) is 5.26 Å². The fourth-order valence-electron chi connectivity index (χ4n) is 5.37. The SMILES string of the molecule is CN1CCC(C#N)(NC(=O)C(CC2CCCCC2)N=C(Nc2ncc(CC(N)=O)o2)N2CCOCC2)CC1. The lowest BCUT2D eigenvalue weighted by atomic mass is 9.84. The first-order chi connectivity index (χ1) is 18.4. The van der Waals surface area contributed by atoms with Crippen LogP contribution < -0.4 is 16.4 Å². The summed E-state index contributed by atoms with van der Waals surface area (Å²) in [6.45, 7) is 3.75. The van der Waals surface area contributed by atoms with Crippen LogP contribution in [-0.2, 0) is 20.7 Å². The molecule has 2 amide bonds. The number of oxazole rings is 1. The van der Waals surface area contributed by atoms with E-state index in [4.69, 9.17) is 19.9 Å². The maximum absolute atomic E-state index is 13.8. The Hall–Kier alpha value is -3.17. The van der Waals surface area contributed by atoms with E-state index in [-0.39, 0.29) is 18.3 Å². The molecular formula is C26H40N8O4. The Balaban J connectivity index is 1.59.